The molecule has 1 rings (SSSR count). The largest absolute Gasteiger partial charge is 0.351 e. The molecule has 0 saturated heterocycles. The lowest BCUT2D eigenvalue weighted by molar-refractivity contribution is -0.897. The number of quaternary nitrogens is 1. The van der Waals surface area contributed by atoms with Crippen molar-refractivity contribution >= 4 is 5.91 Å². The minimum Gasteiger partial charge on any atom is -0.351 e. The average Bonchev–Trinajstić information content (AvgIpc) is 2.89. The zero-order valence-corrected chi connectivity index (χ0v) is 14.6. The molecule has 2 atom stereocenters. The summed E-state index contributed by atoms with van der Waals surface area (Å²) in [6.45, 7) is 8.75. The number of hydrogen-bond donors (Lipinski definition) is 2. The van der Waals surface area contributed by atoms with Crippen molar-refractivity contribution in [1.29, 1.82) is 0 Å². The first-order valence-electron chi connectivity index (χ1n) is 8.84. The Bertz CT molecular complexity index is 379. The van der Waals surface area contributed by atoms with Gasteiger partial charge in [-0.15, -0.1) is 0 Å². The van der Waals surface area contributed by atoms with E-state index in [1.807, 2.05) is 0 Å². The summed E-state index contributed by atoms with van der Waals surface area (Å²) in [6.07, 6.45) is 16.9. The summed E-state index contributed by atoms with van der Waals surface area (Å²) in [5.41, 5.74) is 0. The fourth-order valence-corrected chi connectivity index (χ4v) is 3.02. The van der Waals surface area contributed by atoms with Gasteiger partial charge < -0.3 is 10.6 Å². The zero-order valence-electron chi connectivity index (χ0n) is 14.6. The molecule has 1 aliphatic rings. The highest BCUT2D eigenvalue weighted by Crippen LogP contribution is 2.21. The molecular weight excluding hydrogens is 274 g/mol. The fourth-order valence-electron chi connectivity index (χ4n) is 3.02. The molecule has 2 unspecified atom stereocenters. The Kier molecular flexibility index (Phi) is 8.90. The Morgan fingerprint density at radius 3 is 2.77 bits per heavy atom. The fraction of sp³-hybridized carbons (Fsp3) is 0.722. The van der Waals surface area contributed by atoms with Crippen LogP contribution in [0, 0.1) is 0 Å². The van der Waals surface area contributed by atoms with Crippen molar-refractivity contribution in [3.8, 4) is 0 Å². The SMILES string of the molecule is CCCCCC/C=C/CC1NC=C[N+]1(CC)CCNC(C)=O. The van der Waals surface area contributed by atoms with Crippen LogP contribution in [0.25, 0.3) is 0 Å². The molecule has 2 N–H and O–H groups in total. The summed E-state index contributed by atoms with van der Waals surface area (Å²) in [5, 5.41) is 6.39. The molecule has 0 aliphatic carbocycles. The molecule has 4 heteroatoms. The van der Waals surface area contributed by atoms with Gasteiger partial charge in [-0.05, 0) is 19.8 Å². The average molecular weight is 308 g/mol. The van der Waals surface area contributed by atoms with Gasteiger partial charge >= 0.3 is 0 Å². The van der Waals surface area contributed by atoms with E-state index in [0.29, 0.717) is 6.17 Å². The van der Waals surface area contributed by atoms with E-state index in [0.717, 1.165) is 30.5 Å². The van der Waals surface area contributed by atoms with Gasteiger partial charge in [0.05, 0.1) is 19.3 Å². The van der Waals surface area contributed by atoms with Crippen molar-refractivity contribution in [1.82, 2.24) is 10.6 Å². The highest BCUT2D eigenvalue weighted by atomic mass is 16.1. The number of hydrogen-bond acceptors (Lipinski definition) is 2. The third kappa shape index (κ3) is 6.22. The number of likely N-dealkylation sites (N-methyl/N-ethyl adjacent to an activating group) is 1. The van der Waals surface area contributed by atoms with E-state index in [2.05, 4.69) is 49.0 Å². The molecule has 0 bridgehead atoms. The van der Waals surface area contributed by atoms with E-state index in [1.54, 1.807) is 6.92 Å². The van der Waals surface area contributed by atoms with Crippen LogP contribution in [0.4, 0.5) is 0 Å². The van der Waals surface area contributed by atoms with Crippen LogP contribution in [-0.4, -0.2) is 36.2 Å². The normalized spacial score (nSPS) is 23.9. The van der Waals surface area contributed by atoms with Crippen LogP contribution >= 0.6 is 0 Å². The lowest BCUT2D eigenvalue weighted by Gasteiger charge is -2.36. The van der Waals surface area contributed by atoms with Gasteiger partial charge in [-0.2, -0.15) is 0 Å². The summed E-state index contributed by atoms with van der Waals surface area (Å²) < 4.78 is 0.903. The summed E-state index contributed by atoms with van der Waals surface area (Å²) in [4.78, 5) is 11.0. The first kappa shape index (κ1) is 18.8. The highest BCUT2D eigenvalue weighted by molar-refractivity contribution is 5.72. The Balaban J connectivity index is 2.37. The molecule has 4 nitrogen and oxygen atoms in total. The van der Waals surface area contributed by atoms with Crippen LogP contribution in [0.3, 0.4) is 0 Å². The summed E-state index contributed by atoms with van der Waals surface area (Å²) >= 11 is 0. The van der Waals surface area contributed by atoms with Crippen molar-refractivity contribution in [2.24, 2.45) is 0 Å². The second-order valence-corrected chi connectivity index (χ2v) is 6.18. The van der Waals surface area contributed by atoms with Crippen LogP contribution in [-0.2, 0) is 4.79 Å². The van der Waals surface area contributed by atoms with Crippen LogP contribution in [0.2, 0.25) is 0 Å². The Morgan fingerprint density at radius 1 is 1.27 bits per heavy atom. The predicted molar refractivity (Wildman–Crippen MR) is 92.9 cm³/mol. The van der Waals surface area contributed by atoms with Gasteiger partial charge in [0.1, 0.15) is 12.7 Å². The minimum absolute atomic E-state index is 0.0499. The molecule has 0 fully saturated rings. The van der Waals surface area contributed by atoms with Crippen LogP contribution in [0.5, 0.6) is 0 Å². The van der Waals surface area contributed by atoms with Gasteiger partial charge in [0.15, 0.2) is 6.17 Å². The number of allylic oxidation sites excluding steroid dienone is 1. The number of unbranched alkanes of at least 4 members (excludes halogenated alkanes) is 4. The van der Waals surface area contributed by atoms with Crippen LogP contribution in [0.1, 0.15) is 59.3 Å². The van der Waals surface area contributed by atoms with Crippen LogP contribution < -0.4 is 10.6 Å². The van der Waals surface area contributed by atoms with E-state index in [-0.39, 0.29) is 5.91 Å². The highest BCUT2D eigenvalue weighted by Gasteiger charge is 2.35. The molecule has 0 saturated carbocycles. The molecular formula is C18H34N3O+. The predicted octanol–water partition coefficient (Wildman–Crippen LogP) is 3.28. The molecule has 1 aliphatic heterocycles. The summed E-state index contributed by atoms with van der Waals surface area (Å²) in [7, 11) is 0. The number of rotatable bonds is 11. The summed E-state index contributed by atoms with van der Waals surface area (Å²) in [6, 6.07) is 0. The van der Waals surface area contributed by atoms with Gasteiger partial charge in [-0.1, -0.05) is 38.3 Å². The Morgan fingerprint density at radius 2 is 2.09 bits per heavy atom. The number of carbonyl (C=O) groups is 1. The van der Waals surface area contributed by atoms with Gasteiger partial charge in [0.25, 0.3) is 0 Å². The van der Waals surface area contributed by atoms with Crippen molar-refractivity contribution in [3.05, 3.63) is 24.6 Å². The maximum atomic E-state index is 11.0. The van der Waals surface area contributed by atoms with Crippen molar-refractivity contribution < 1.29 is 9.28 Å². The molecule has 0 aromatic rings. The standard InChI is InChI=1S/C18H33N3O/c1-4-6-7-8-9-10-11-12-18-20-14-16-21(18,5-2)15-13-19-17(3)22/h10-11,14,16,18,20H,4-9,12-13,15H2,1-3H3/p+1/b11-10+. The third-order valence-corrected chi connectivity index (χ3v) is 4.52. The van der Waals surface area contributed by atoms with Crippen molar-refractivity contribution in [3.63, 3.8) is 0 Å². The second-order valence-electron chi connectivity index (χ2n) is 6.18. The Hall–Kier alpha value is -1.29. The van der Waals surface area contributed by atoms with E-state index >= 15 is 0 Å². The topological polar surface area (TPSA) is 41.1 Å². The van der Waals surface area contributed by atoms with E-state index < -0.39 is 0 Å². The maximum Gasteiger partial charge on any atom is 0.217 e. The van der Waals surface area contributed by atoms with Gasteiger partial charge in [-0.3, -0.25) is 9.28 Å². The molecule has 0 aromatic carbocycles. The quantitative estimate of drug-likeness (QED) is 0.349. The molecule has 1 heterocycles. The van der Waals surface area contributed by atoms with E-state index in [9.17, 15) is 4.79 Å². The van der Waals surface area contributed by atoms with Gasteiger partial charge in [0, 0.05) is 13.3 Å². The second kappa shape index (κ2) is 10.4. The number of nitrogens with zero attached hydrogens (tertiary/aromatic N) is 1. The smallest absolute Gasteiger partial charge is 0.217 e. The van der Waals surface area contributed by atoms with E-state index in [1.165, 1.54) is 32.1 Å². The first-order valence-corrected chi connectivity index (χ1v) is 8.84. The van der Waals surface area contributed by atoms with E-state index in [4.69, 9.17) is 0 Å². The van der Waals surface area contributed by atoms with Gasteiger partial charge in [-0.25, -0.2) is 0 Å². The Labute approximate surface area is 136 Å². The molecule has 126 valence electrons. The zero-order chi connectivity index (χ0) is 16.3. The monoisotopic (exact) mass is 308 g/mol. The molecule has 22 heavy (non-hydrogen) atoms. The lowest BCUT2D eigenvalue weighted by atomic mass is 10.1. The van der Waals surface area contributed by atoms with Crippen LogP contribution in [0.15, 0.2) is 24.6 Å². The van der Waals surface area contributed by atoms with Crippen molar-refractivity contribution in [2.45, 2.75) is 65.5 Å². The first-order chi connectivity index (χ1) is 10.6. The van der Waals surface area contributed by atoms with Gasteiger partial charge in [0.2, 0.25) is 5.91 Å². The maximum absolute atomic E-state index is 11.0. The molecule has 0 radical (unpaired) electrons. The lowest BCUT2D eigenvalue weighted by Crippen LogP contribution is -2.55. The third-order valence-electron chi connectivity index (χ3n) is 4.52. The van der Waals surface area contributed by atoms with Crippen molar-refractivity contribution in [2.75, 3.05) is 19.6 Å². The number of nitrogens with one attached hydrogen (secondary N) is 2. The molecule has 0 spiro atoms. The molecule has 1 amide bonds. The molecule has 0 aromatic heterocycles. The minimum atomic E-state index is 0.0499. The number of amides is 1. The summed E-state index contributed by atoms with van der Waals surface area (Å²) in [5.74, 6) is 0.0499. The number of carbonyl (C=O) groups excluding carboxylic acids is 1.